The number of hydrogen-bond donors (Lipinski definition) is 0. The second-order valence-corrected chi connectivity index (χ2v) is 13.1. The van der Waals surface area contributed by atoms with Crippen molar-refractivity contribution < 1.29 is 0 Å². The SMILES string of the molecule is Cc1c(-c2ccc3sc4ccccc4c3c2)c2cc(-c3ccc4sc5ccccc5c4c3)ccc2n1-c1ccccc1. The van der Waals surface area contributed by atoms with Gasteiger partial charge in [0.15, 0.2) is 0 Å². The summed E-state index contributed by atoms with van der Waals surface area (Å²) >= 11 is 3.74. The van der Waals surface area contributed by atoms with Gasteiger partial charge in [0.25, 0.3) is 0 Å². The van der Waals surface area contributed by atoms with E-state index in [0.29, 0.717) is 0 Å². The van der Waals surface area contributed by atoms with Crippen LogP contribution in [0.15, 0.2) is 133 Å². The van der Waals surface area contributed by atoms with E-state index in [2.05, 4.69) is 145 Å². The van der Waals surface area contributed by atoms with Crippen molar-refractivity contribution in [1.29, 1.82) is 0 Å². The van der Waals surface area contributed by atoms with E-state index in [0.717, 1.165) is 0 Å². The highest BCUT2D eigenvalue weighted by molar-refractivity contribution is 7.26. The van der Waals surface area contributed by atoms with Gasteiger partial charge >= 0.3 is 0 Å². The molecule has 0 atom stereocenters. The first kappa shape index (κ1) is 24.0. The van der Waals surface area contributed by atoms with Crippen molar-refractivity contribution in [2.24, 2.45) is 0 Å². The lowest BCUT2D eigenvalue weighted by atomic mass is 9.97. The average Bonchev–Trinajstić information content (AvgIpc) is 3.69. The molecule has 198 valence electrons. The zero-order chi connectivity index (χ0) is 27.8. The average molecular weight is 572 g/mol. The highest BCUT2D eigenvalue weighted by atomic mass is 32.1. The summed E-state index contributed by atoms with van der Waals surface area (Å²) < 4.78 is 7.77. The summed E-state index contributed by atoms with van der Waals surface area (Å²) in [5.74, 6) is 0. The molecule has 0 N–H and O–H groups in total. The van der Waals surface area contributed by atoms with Gasteiger partial charge in [-0.3, -0.25) is 0 Å². The number of nitrogens with zero attached hydrogens (tertiary/aromatic N) is 1. The van der Waals surface area contributed by atoms with Gasteiger partial charge in [-0.05, 0) is 84.3 Å². The second kappa shape index (κ2) is 9.15. The number of hydrogen-bond acceptors (Lipinski definition) is 2. The maximum Gasteiger partial charge on any atom is 0.0538 e. The molecule has 0 amide bonds. The molecule has 0 aliphatic carbocycles. The number of thiophene rings is 2. The van der Waals surface area contributed by atoms with Crippen LogP contribution in [0.3, 0.4) is 0 Å². The van der Waals surface area contributed by atoms with E-state index in [-0.39, 0.29) is 0 Å². The maximum atomic E-state index is 2.42. The molecule has 0 saturated carbocycles. The molecule has 0 bridgehead atoms. The minimum atomic E-state index is 1.19. The van der Waals surface area contributed by atoms with Gasteiger partial charge in [0.05, 0.1) is 5.52 Å². The van der Waals surface area contributed by atoms with Crippen LogP contribution in [0.5, 0.6) is 0 Å². The van der Waals surface area contributed by atoms with Crippen LogP contribution >= 0.6 is 22.7 Å². The molecule has 0 unspecified atom stereocenters. The molecule has 0 saturated heterocycles. The fourth-order valence-corrected chi connectivity index (χ4v) is 8.83. The van der Waals surface area contributed by atoms with Crippen LogP contribution in [0, 0.1) is 6.92 Å². The minimum Gasteiger partial charge on any atom is -0.313 e. The Balaban J connectivity index is 1.31. The van der Waals surface area contributed by atoms with E-state index in [4.69, 9.17) is 0 Å². The standard InChI is InChI=1S/C39H25NS2/c1-24-39(27-17-20-38-32(23-27)30-12-6-8-14-36(30)42-38)33-22-25(15-18-34(33)40(24)28-9-3-2-4-10-28)26-16-19-37-31(21-26)29-11-5-7-13-35(29)41-37/h2-23H,1H3. The van der Waals surface area contributed by atoms with E-state index in [9.17, 15) is 0 Å². The summed E-state index contributed by atoms with van der Waals surface area (Å²) in [4.78, 5) is 0. The van der Waals surface area contributed by atoms with E-state index in [1.807, 2.05) is 22.7 Å². The lowest BCUT2D eigenvalue weighted by Crippen LogP contribution is -1.96. The molecule has 1 nitrogen and oxygen atoms in total. The third-order valence-corrected chi connectivity index (χ3v) is 10.9. The van der Waals surface area contributed by atoms with Gasteiger partial charge in [-0.1, -0.05) is 72.8 Å². The number of para-hydroxylation sites is 1. The first-order valence-electron chi connectivity index (χ1n) is 14.3. The van der Waals surface area contributed by atoms with Gasteiger partial charge in [-0.25, -0.2) is 0 Å². The van der Waals surface area contributed by atoms with Crippen molar-refractivity contribution in [1.82, 2.24) is 4.57 Å². The Bertz CT molecular complexity index is 2470. The molecular weight excluding hydrogens is 547 g/mol. The summed E-state index contributed by atoms with van der Waals surface area (Å²) in [6.45, 7) is 2.27. The fourth-order valence-electron chi connectivity index (χ4n) is 6.66. The van der Waals surface area contributed by atoms with Crippen LogP contribution in [-0.4, -0.2) is 4.57 Å². The van der Waals surface area contributed by atoms with Crippen molar-refractivity contribution in [2.45, 2.75) is 6.92 Å². The van der Waals surface area contributed by atoms with Gasteiger partial charge in [-0.15, -0.1) is 22.7 Å². The lowest BCUT2D eigenvalue weighted by molar-refractivity contribution is 1.06. The van der Waals surface area contributed by atoms with Gasteiger partial charge in [0.2, 0.25) is 0 Å². The van der Waals surface area contributed by atoms with Crippen molar-refractivity contribution in [3.63, 3.8) is 0 Å². The molecular formula is C39H25NS2. The molecule has 9 rings (SSSR count). The Morgan fingerprint density at radius 2 is 0.929 bits per heavy atom. The first-order chi connectivity index (χ1) is 20.7. The Hall–Kier alpha value is -4.70. The lowest BCUT2D eigenvalue weighted by Gasteiger charge is -2.09. The molecule has 9 aromatic rings. The summed E-state index contributed by atoms with van der Waals surface area (Å²) in [6, 6.07) is 49.2. The normalized spacial score (nSPS) is 11.9. The highest BCUT2D eigenvalue weighted by Gasteiger charge is 2.19. The number of benzene rings is 6. The van der Waals surface area contributed by atoms with Crippen LogP contribution in [-0.2, 0) is 0 Å². The number of rotatable bonds is 3. The molecule has 42 heavy (non-hydrogen) atoms. The van der Waals surface area contributed by atoms with Crippen LogP contribution in [0.2, 0.25) is 0 Å². The third kappa shape index (κ3) is 3.54. The predicted molar refractivity (Wildman–Crippen MR) is 185 cm³/mol. The second-order valence-electron chi connectivity index (χ2n) is 11.0. The molecule has 0 aliphatic heterocycles. The van der Waals surface area contributed by atoms with E-state index < -0.39 is 0 Å². The molecule has 0 radical (unpaired) electrons. The minimum absolute atomic E-state index is 1.19. The molecule has 0 aliphatic rings. The van der Waals surface area contributed by atoms with Crippen molar-refractivity contribution in [3.05, 3.63) is 139 Å². The summed E-state index contributed by atoms with van der Waals surface area (Å²) in [5, 5.41) is 6.62. The van der Waals surface area contributed by atoms with Crippen LogP contribution in [0.1, 0.15) is 5.69 Å². The molecule has 6 aromatic carbocycles. The number of aromatic nitrogens is 1. The van der Waals surface area contributed by atoms with Crippen molar-refractivity contribution in [2.75, 3.05) is 0 Å². The van der Waals surface area contributed by atoms with E-state index >= 15 is 0 Å². The number of fused-ring (bicyclic) bond motifs is 7. The van der Waals surface area contributed by atoms with Crippen LogP contribution in [0.4, 0.5) is 0 Å². The zero-order valence-corrected chi connectivity index (χ0v) is 24.6. The van der Waals surface area contributed by atoms with Crippen molar-refractivity contribution in [3.8, 4) is 27.9 Å². The van der Waals surface area contributed by atoms with Gasteiger partial charge < -0.3 is 4.57 Å². The Labute approximate surface area is 251 Å². The Kier molecular flexibility index (Phi) is 5.22. The van der Waals surface area contributed by atoms with Gasteiger partial charge in [0, 0.05) is 62.7 Å². The zero-order valence-electron chi connectivity index (χ0n) is 23.0. The van der Waals surface area contributed by atoms with Crippen LogP contribution < -0.4 is 0 Å². The summed E-state index contributed by atoms with van der Waals surface area (Å²) in [6.07, 6.45) is 0. The maximum absolute atomic E-state index is 2.42. The smallest absolute Gasteiger partial charge is 0.0538 e. The largest absolute Gasteiger partial charge is 0.313 e. The fraction of sp³-hybridized carbons (Fsp3) is 0.0256. The molecule has 0 fully saturated rings. The molecule has 3 heteroatoms. The van der Waals surface area contributed by atoms with E-state index in [1.54, 1.807) is 0 Å². The van der Waals surface area contributed by atoms with Crippen molar-refractivity contribution >= 4 is 73.9 Å². The molecule has 0 spiro atoms. The summed E-state index contributed by atoms with van der Waals surface area (Å²) in [7, 11) is 0. The topological polar surface area (TPSA) is 4.93 Å². The molecule has 3 aromatic heterocycles. The third-order valence-electron chi connectivity index (χ3n) is 8.59. The highest BCUT2D eigenvalue weighted by Crippen LogP contribution is 2.43. The van der Waals surface area contributed by atoms with Crippen LogP contribution in [0.25, 0.3) is 79.2 Å². The Morgan fingerprint density at radius 3 is 1.60 bits per heavy atom. The van der Waals surface area contributed by atoms with Gasteiger partial charge in [0.1, 0.15) is 0 Å². The predicted octanol–water partition coefficient (Wildman–Crippen LogP) is 12.0. The van der Waals surface area contributed by atoms with E-state index in [1.165, 1.54) is 84.9 Å². The quantitative estimate of drug-likeness (QED) is 0.199. The first-order valence-corrected chi connectivity index (χ1v) is 15.9. The monoisotopic (exact) mass is 571 g/mol. The summed E-state index contributed by atoms with van der Waals surface area (Å²) in [5.41, 5.74) is 8.74. The molecule has 3 heterocycles. The van der Waals surface area contributed by atoms with Gasteiger partial charge in [-0.2, -0.15) is 0 Å². The Morgan fingerprint density at radius 1 is 0.429 bits per heavy atom.